The number of hydrogen-bond donors (Lipinski definition) is 1. The zero-order chi connectivity index (χ0) is 16.7. The lowest BCUT2D eigenvalue weighted by molar-refractivity contribution is -0.134. The molecule has 1 N–H and O–H groups in total. The Balaban J connectivity index is 1.99. The van der Waals surface area contributed by atoms with Crippen molar-refractivity contribution in [3.63, 3.8) is 0 Å². The molecule has 1 unspecified atom stereocenters. The molecule has 23 heavy (non-hydrogen) atoms. The van der Waals surface area contributed by atoms with Crippen molar-refractivity contribution in [1.29, 1.82) is 0 Å². The van der Waals surface area contributed by atoms with Crippen molar-refractivity contribution in [2.24, 2.45) is 0 Å². The average molecular weight is 314 g/mol. The highest BCUT2D eigenvalue weighted by Gasteiger charge is 2.09. The van der Waals surface area contributed by atoms with Crippen molar-refractivity contribution < 1.29 is 24.1 Å². The molecule has 0 saturated heterocycles. The van der Waals surface area contributed by atoms with Crippen LogP contribution in [0.5, 0.6) is 11.5 Å². The summed E-state index contributed by atoms with van der Waals surface area (Å²) in [5.74, 6) is 0.812. The minimum Gasteiger partial charge on any atom is -0.497 e. The van der Waals surface area contributed by atoms with Gasteiger partial charge in [0.05, 0.1) is 14.2 Å². The number of esters is 1. The maximum Gasteiger partial charge on any atom is 0.330 e. The van der Waals surface area contributed by atoms with Gasteiger partial charge < -0.3 is 19.3 Å². The van der Waals surface area contributed by atoms with Gasteiger partial charge in [-0.05, 0) is 48.0 Å². The van der Waals surface area contributed by atoms with Crippen LogP contribution in [0.1, 0.15) is 17.4 Å². The Morgan fingerprint density at radius 2 is 1.61 bits per heavy atom. The van der Waals surface area contributed by atoms with E-state index in [1.54, 1.807) is 61.7 Å². The highest BCUT2D eigenvalue weighted by Crippen LogP contribution is 2.22. The summed E-state index contributed by atoms with van der Waals surface area (Å²) in [6.45, 7) is 0. The van der Waals surface area contributed by atoms with Crippen molar-refractivity contribution in [3.8, 4) is 11.5 Å². The van der Waals surface area contributed by atoms with Gasteiger partial charge in [-0.15, -0.1) is 0 Å². The molecule has 0 saturated carbocycles. The molecule has 5 nitrogen and oxygen atoms in total. The molecule has 0 heterocycles. The van der Waals surface area contributed by atoms with Crippen LogP contribution < -0.4 is 9.47 Å². The molecule has 0 bridgehead atoms. The van der Waals surface area contributed by atoms with Gasteiger partial charge in [-0.1, -0.05) is 12.1 Å². The van der Waals surface area contributed by atoms with E-state index in [1.807, 2.05) is 0 Å². The summed E-state index contributed by atoms with van der Waals surface area (Å²) in [5.41, 5.74) is 1.45. The number of aliphatic hydroxyl groups excluding tert-OH is 1. The molecule has 0 aliphatic carbocycles. The van der Waals surface area contributed by atoms with Gasteiger partial charge in [0.15, 0.2) is 0 Å². The van der Waals surface area contributed by atoms with E-state index in [-0.39, 0.29) is 0 Å². The molecule has 2 aromatic carbocycles. The number of aliphatic hydroxyl groups is 1. The Morgan fingerprint density at radius 1 is 1.00 bits per heavy atom. The predicted molar refractivity (Wildman–Crippen MR) is 86.1 cm³/mol. The molecule has 0 fully saturated rings. The maximum atomic E-state index is 11.0. The minimum absolute atomic E-state index is 0.416. The van der Waals surface area contributed by atoms with E-state index in [0.29, 0.717) is 17.1 Å². The van der Waals surface area contributed by atoms with Gasteiger partial charge in [0.2, 0.25) is 6.29 Å². The summed E-state index contributed by atoms with van der Waals surface area (Å²) in [6, 6.07) is 13.9. The third kappa shape index (κ3) is 4.86. The van der Waals surface area contributed by atoms with E-state index >= 15 is 0 Å². The molecule has 5 heteroatoms. The zero-order valence-corrected chi connectivity index (χ0v) is 12.9. The first-order valence-electron chi connectivity index (χ1n) is 6.97. The van der Waals surface area contributed by atoms with Crippen molar-refractivity contribution >= 4 is 12.0 Å². The molecular formula is C18H18O5. The van der Waals surface area contributed by atoms with Crippen LogP contribution in [0.4, 0.5) is 0 Å². The second-order valence-electron chi connectivity index (χ2n) is 4.67. The molecule has 1 atom stereocenters. The van der Waals surface area contributed by atoms with Crippen LogP contribution in [0.25, 0.3) is 6.08 Å². The zero-order valence-electron chi connectivity index (χ0n) is 12.9. The number of carbonyl (C=O) groups is 1. The van der Waals surface area contributed by atoms with E-state index in [1.165, 1.54) is 13.2 Å². The average Bonchev–Trinajstić information content (AvgIpc) is 2.60. The summed E-state index contributed by atoms with van der Waals surface area (Å²) in [4.78, 5) is 11.0. The number of rotatable bonds is 6. The molecule has 2 rings (SSSR count). The smallest absolute Gasteiger partial charge is 0.330 e. The fourth-order valence-corrected chi connectivity index (χ4v) is 1.86. The quantitative estimate of drug-likeness (QED) is 0.504. The third-order valence-corrected chi connectivity index (χ3v) is 3.14. The van der Waals surface area contributed by atoms with Gasteiger partial charge in [0.25, 0.3) is 0 Å². The number of methoxy groups -OCH3 is 2. The molecule has 0 amide bonds. The summed E-state index contributed by atoms with van der Waals surface area (Å²) < 4.78 is 15.1. The van der Waals surface area contributed by atoms with Gasteiger partial charge in [-0.2, -0.15) is 0 Å². The van der Waals surface area contributed by atoms with Gasteiger partial charge in [-0.3, -0.25) is 0 Å². The van der Waals surface area contributed by atoms with Crippen molar-refractivity contribution in [2.75, 3.05) is 14.2 Å². The largest absolute Gasteiger partial charge is 0.497 e. The lowest BCUT2D eigenvalue weighted by Gasteiger charge is -2.14. The summed E-state index contributed by atoms with van der Waals surface area (Å²) in [7, 11) is 2.91. The third-order valence-electron chi connectivity index (χ3n) is 3.14. The Kier molecular flexibility index (Phi) is 5.77. The first kappa shape index (κ1) is 16.6. The number of ether oxygens (including phenoxy) is 3. The molecule has 0 spiro atoms. The summed E-state index contributed by atoms with van der Waals surface area (Å²) in [5, 5.41) is 10.1. The molecule has 2 aromatic rings. The normalized spacial score (nSPS) is 12.0. The van der Waals surface area contributed by atoms with Crippen LogP contribution in [0.3, 0.4) is 0 Å². The number of benzene rings is 2. The van der Waals surface area contributed by atoms with E-state index in [0.717, 1.165) is 5.56 Å². The van der Waals surface area contributed by atoms with Gasteiger partial charge in [0, 0.05) is 11.6 Å². The Labute approximate surface area is 134 Å². The molecule has 0 aliphatic heterocycles. The Morgan fingerprint density at radius 3 is 2.17 bits per heavy atom. The molecule has 0 aromatic heterocycles. The summed E-state index contributed by atoms with van der Waals surface area (Å²) >= 11 is 0. The first-order chi connectivity index (χ1) is 11.1. The van der Waals surface area contributed by atoms with Gasteiger partial charge in [-0.25, -0.2) is 4.79 Å². The lowest BCUT2D eigenvalue weighted by Crippen LogP contribution is -2.06. The first-order valence-corrected chi connectivity index (χ1v) is 6.97. The fraction of sp³-hybridized carbons (Fsp3) is 0.167. The molecule has 120 valence electrons. The second kappa shape index (κ2) is 8.00. The van der Waals surface area contributed by atoms with Crippen LogP contribution in [0.15, 0.2) is 54.6 Å². The van der Waals surface area contributed by atoms with E-state index < -0.39 is 12.3 Å². The van der Waals surface area contributed by atoms with Crippen LogP contribution in [0, 0.1) is 0 Å². The highest BCUT2D eigenvalue weighted by molar-refractivity contribution is 5.86. The van der Waals surface area contributed by atoms with Crippen molar-refractivity contribution in [3.05, 3.63) is 65.7 Å². The van der Waals surface area contributed by atoms with Crippen LogP contribution in [-0.4, -0.2) is 25.3 Å². The molecule has 0 radical (unpaired) electrons. The highest BCUT2D eigenvalue weighted by atomic mass is 16.6. The van der Waals surface area contributed by atoms with E-state index in [9.17, 15) is 9.90 Å². The van der Waals surface area contributed by atoms with E-state index in [2.05, 4.69) is 4.74 Å². The van der Waals surface area contributed by atoms with Crippen LogP contribution >= 0.6 is 0 Å². The number of carbonyl (C=O) groups excluding carboxylic acids is 1. The van der Waals surface area contributed by atoms with Crippen LogP contribution in [-0.2, 0) is 9.53 Å². The van der Waals surface area contributed by atoms with E-state index in [4.69, 9.17) is 9.47 Å². The SMILES string of the molecule is COC(=O)/C=C/c1ccc(OC(O)c2ccc(OC)cc2)cc1. The van der Waals surface area contributed by atoms with Gasteiger partial charge in [0.1, 0.15) is 11.5 Å². The molecular weight excluding hydrogens is 296 g/mol. The van der Waals surface area contributed by atoms with Gasteiger partial charge >= 0.3 is 5.97 Å². The fourth-order valence-electron chi connectivity index (χ4n) is 1.86. The monoisotopic (exact) mass is 314 g/mol. The standard InChI is InChI=1S/C18H18O5/c1-21-15-10-6-14(7-11-15)18(20)23-16-8-3-13(4-9-16)5-12-17(19)22-2/h3-12,18,20H,1-2H3/b12-5+. The Bertz CT molecular complexity index is 659. The summed E-state index contributed by atoms with van der Waals surface area (Å²) in [6.07, 6.45) is 1.90. The Hall–Kier alpha value is -2.79. The number of hydrogen-bond acceptors (Lipinski definition) is 5. The topological polar surface area (TPSA) is 65.0 Å². The van der Waals surface area contributed by atoms with Crippen molar-refractivity contribution in [2.45, 2.75) is 6.29 Å². The lowest BCUT2D eigenvalue weighted by atomic mass is 10.2. The minimum atomic E-state index is -1.07. The molecule has 0 aliphatic rings. The van der Waals surface area contributed by atoms with Crippen molar-refractivity contribution in [1.82, 2.24) is 0 Å². The maximum absolute atomic E-state index is 11.0. The van der Waals surface area contributed by atoms with Crippen LogP contribution in [0.2, 0.25) is 0 Å². The second-order valence-corrected chi connectivity index (χ2v) is 4.67. The predicted octanol–water partition coefficient (Wildman–Crippen LogP) is 2.95.